The molecule has 7 nitrogen and oxygen atoms in total. The Morgan fingerprint density at radius 3 is 2.67 bits per heavy atom. The van der Waals surface area contributed by atoms with E-state index in [1.54, 1.807) is 14.2 Å². The number of fused-ring (bicyclic) bond motifs is 1. The minimum atomic E-state index is -0.568. The molecular formula is C20H30N4O3. The van der Waals surface area contributed by atoms with Crippen LogP contribution in [0.5, 0.6) is 0 Å². The maximum atomic E-state index is 12.4. The Morgan fingerprint density at radius 2 is 2.04 bits per heavy atom. The van der Waals surface area contributed by atoms with E-state index in [1.807, 2.05) is 23.8 Å². The van der Waals surface area contributed by atoms with Gasteiger partial charge in [-0.25, -0.2) is 4.98 Å². The number of anilines is 1. The van der Waals surface area contributed by atoms with Crippen molar-refractivity contribution >= 4 is 11.7 Å². The van der Waals surface area contributed by atoms with Crippen LogP contribution >= 0.6 is 0 Å². The van der Waals surface area contributed by atoms with Crippen LogP contribution in [0.15, 0.2) is 18.3 Å². The number of aryl methyl sites for hydroxylation is 1. The van der Waals surface area contributed by atoms with Gasteiger partial charge in [-0.05, 0) is 44.0 Å². The van der Waals surface area contributed by atoms with Gasteiger partial charge >= 0.3 is 0 Å². The van der Waals surface area contributed by atoms with Gasteiger partial charge in [0.15, 0.2) is 0 Å². The van der Waals surface area contributed by atoms with E-state index in [0.717, 1.165) is 48.7 Å². The topological polar surface area (TPSA) is 58.1 Å². The monoisotopic (exact) mass is 374 g/mol. The van der Waals surface area contributed by atoms with Crippen molar-refractivity contribution in [3.63, 3.8) is 0 Å². The standard InChI is InChI=1S/C20H30N4O3/c1-14(2)24-8-6-7-15-11-16(12-23-10-9-22(3)13-17(23)25)18(21-19(15)24)20(26-4)27-5/h11,20H,1,6-10,12-13H2,2-5H3. The zero-order chi connectivity index (χ0) is 19.6. The predicted molar refractivity (Wildman–Crippen MR) is 104 cm³/mol. The fraction of sp³-hybridized carbons (Fsp3) is 0.600. The number of carbonyl (C=O) groups is 1. The van der Waals surface area contributed by atoms with E-state index in [-0.39, 0.29) is 5.91 Å². The number of ether oxygens (including phenoxy) is 2. The maximum Gasteiger partial charge on any atom is 0.237 e. The summed E-state index contributed by atoms with van der Waals surface area (Å²) in [6.07, 6.45) is 1.47. The van der Waals surface area contributed by atoms with Gasteiger partial charge in [0.2, 0.25) is 12.2 Å². The van der Waals surface area contributed by atoms with Gasteiger partial charge in [0, 0.05) is 46.1 Å². The van der Waals surface area contributed by atoms with E-state index in [2.05, 4.69) is 17.5 Å². The fourth-order valence-electron chi connectivity index (χ4n) is 3.78. The smallest absolute Gasteiger partial charge is 0.237 e. The molecule has 1 saturated heterocycles. The molecule has 2 aliphatic heterocycles. The zero-order valence-electron chi connectivity index (χ0n) is 16.8. The number of amides is 1. The second-order valence-electron chi connectivity index (χ2n) is 7.36. The molecule has 0 N–H and O–H groups in total. The number of carbonyl (C=O) groups excluding carboxylic acids is 1. The summed E-state index contributed by atoms with van der Waals surface area (Å²) in [6, 6.07) is 2.17. The normalized spacial score (nSPS) is 18.2. The van der Waals surface area contributed by atoms with Crippen molar-refractivity contribution in [3.8, 4) is 0 Å². The number of aromatic nitrogens is 1. The van der Waals surface area contributed by atoms with Crippen LogP contribution in [0.1, 0.15) is 36.5 Å². The van der Waals surface area contributed by atoms with Crippen LogP contribution in [0.25, 0.3) is 0 Å². The lowest BCUT2D eigenvalue weighted by Crippen LogP contribution is -2.48. The molecule has 0 radical (unpaired) electrons. The van der Waals surface area contributed by atoms with Crippen molar-refractivity contribution < 1.29 is 14.3 Å². The van der Waals surface area contributed by atoms with Crippen molar-refractivity contribution in [3.05, 3.63) is 35.2 Å². The molecule has 1 amide bonds. The number of methoxy groups -OCH3 is 2. The highest BCUT2D eigenvalue weighted by Crippen LogP contribution is 2.33. The van der Waals surface area contributed by atoms with Gasteiger partial charge in [0.1, 0.15) is 11.5 Å². The number of allylic oxidation sites excluding steroid dienone is 1. The molecule has 7 heteroatoms. The van der Waals surface area contributed by atoms with Crippen molar-refractivity contribution in [1.82, 2.24) is 14.8 Å². The first-order valence-electron chi connectivity index (χ1n) is 9.42. The molecule has 0 saturated carbocycles. The highest BCUT2D eigenvalue weighted by atomic mass is 16.7. The molecule has 148 valence electrons. The van der Waals surface area contributed by atoms with Gasteiger partial charge in [-0.2, -0.15) is 0 Å². The number of hydrogen-bond acceptors (Lipinski definition) is 6. The van der Waals surface area contributed by atoms with E-state index < -0.39 is 6.29 Å². The minimum absolute atomic E-state index is 0.141. The molecule has 3 heterocycles. The zero-order valence-corrected chi connectivity index (χ0v) is 16.8. The van der Waals surface area contributed by atoms with Gasteiger partial charge in [-0.1, -0.05) is 6.58 Å². The second-order valence-corrected chi connectivity index (χ2v) is 7.36. The average molecular weight is 374 g/mol. The number of piperazine rings is 1. The third-order valence-corrected chi connectivity index (χ3v) is 5.26. The van der Waals surface area contributed by atoms with Crippen molar-refractivity contribution in [2.45, 2.75) is 32.6 Å². The summed E-state index contributed by atoms with van der Waals surface area (Å²) in [7, 11) is 5.19. The number of nitrogens with zero attached hydrogens (tertiary/aromatic N) is 4. The van der Waals surface area contributed by atoms with Crippen LogP contribution in [0.4, 0.5) is 5.82 Å². The molecule has 27 heavy (non-hydrogen) atoms. The van der Waals surface area contributed by atoms with E-state index in [9.17, 15) is 4.79 Å². The van der Waals surface area contributed by atoms with Crippen LogP contribution in [0.2, 0.25) is 0 Å². The van der Waals surface area contributed by atoms with Gasteiger partial charge in [0.05, 0.1) is 6.54 Å². The van der Waals surface area contributed by atoms with Crippen LogP contribution in [-0.2, 0) is 27.2 Å². The number of pyridine rings is 1. The highest BCUT2D eigenvalue weighted by Gasteiger charge is 2.28. The van der Waals surface area contributed by atoms with Crippen molar-refractivity contribution in [2.24, 2.45) is 0 Å². The Balaban J connectivity index is 1.99. The van der Waals surface area contributed by atoms with Crippen LogP contribution in [-0.4, -0.2) is 68.1 Å². The van der Waals surface area contributed by atoms with Crippen LogP contribution < -0.4 is 4.90 Å². The lowest BCUT2D eigenvalue weighted by atomic mass is 10.0. The maximum absolute atomic E-state index is 12.4. The Labute approximate surface area is 161 Å². The molecular weight excluding hydrogens is 344 g/mol. The lowest BCUT2D eigenvalue weighted by molar-refractivity contribution is -0.136. The van der Waals surface area contributed by atoms with Crippen molar-refractivity contribution in [1.29, 1.82) is 0 Å². The Hall–Kier alpha value is -1.96. The number of hydrogen-bond donors (Lipinski definition) is 0. The SMILES string of the molecule is C=C(C)N1CCCc2cc(CN3CCN(C)CC3=O)c(C(OC)OC)nc21. The second kappa shape index (κ2) is 8.37. The van der Waals surface area contributed by atoms with Gasteiger partial charge in [0.25, 0.3) is 0 Å². The average Bonchev–Trinajstić information content (AvgIpc) is 2.64. The number of rotatable bonds is 6. The summed E-state index contributed by atoms with van der Waals surface area (Å²) < 4.78 is 11.0. The van der Waals surface area contributed by atoms with E-state index in [4.69, 9.17) is 14.5 Å². The molecule has 0 spiro atoms. The molecule has 0 bridgehead atoms. The summed E-state index contributed by atoms with van der Waals surface area (Å²) in [5, 5.41) is 0. The Bertz CT molecular complexity index is 717. The quantitative estimate of drug-likeness (QED) is 0.709. The van der Waals surface area contributed by atoms with Crippen LogP contribution in [0.3, 0.4) is 0 Å². The molecule has 3 rings (SSSR count). The van der Waals surface area contributed by atoms with E-state index in [1.165, 1.54) is 5.56 Å². The largest absolute Gasteiger partial charge is 0.350 e. The summed E-state index contributed by atoms with van der Waals surface area (Å²) >= 11 is 0. The first-order chi connectivity index (χ1) is 12.9. The van der Waals surface area contributed by atoms with E-state index >= 15 is 0 Å². The first kappa shape index (κ1) is 19.8. The molecule has 0 aliphatic carbocycles. The van der Waals surface area contributed by atoms with E-state index in [0.29, 0.717) is 19.6 Å². The first-order valence-corrected chi connectivity index (χ1v) is 9.42. The van der Waals surface area contributed by atoms with Gasteiger partial charge in [-0.15, -0.1) is 0 Å². The molecule has 1 aromatic rings. The summed E-state index contributed by atoms with van der Waals surface area (Å²) in [5.74, 6) is 1.07. The van der Waals surface area contributed by atoms with Crippen molar-refractivity contribution in [2.75, 3.05) is 52.3 Å². The third kappa shape index (κ3) is 4.15. The third-order valence-electron chi connectivity index (χ3n) is 5.26. The molecule has 0 aromatic carbocycles. The molecule has 0 unspecified atom stereocenters. The molecule has 1 fully saturated rings. The number of likely N-dealkylation sites (N-methyl/N-ethyl adjacent to an activating group) is 1. The predicted octanol–water partition coefficient (Wildman–Crippen LogP) is 1.93. The summed E-state index contributed by atoms with van der Waals surface area (Å²) in [6.45, 7) is 9.57. The molecule has 0 atom stereocenters. The fourth-order valence-corrected chi connectivity index (χ4v) is 3.78. The summed E-state index contributed by atoms with van der Waals surface area (Å²) in [4.78, 5) is 23.5. The minimum Gasteiger partial charge on any atom is -0.350 e. The molecule has 1 aromatic heterocycles. The molecule has 2 aliphatic rings. The Morgan fingerprint density at radius 1 is 1.30 bits per heavy atom. The van der Waals surface area contributed by atoms with Gasteiger partial charge in [-0.3, -0.25) is 9.69 Å². The lowest BCUT2D eigenvalue weighted by Gasteiger charge is -2.35. The van der Waals surface area contributed by atoms with Crippen LogP contribution in [0, 0.1) is 0 Å². The van der Waals surface area contributed by atoms with Gasteiger partial charge < -0.3 is 19.3 Å². The summed E-state index contributed by atoms with van der Waals surface area (Å²) in [5.41, 5.74) is 3.89. The highest BCUT2D eigenvalue weighted by molar-refractivity contribution is 5.79. The Kier molecular flexibility index (Phi) is 6.14.